The van der Waals surface area contributed by atoms with Gasteiger partial charge in [0.05, 0.1) is 0 Å². The molecule has 1 aliphatic heterocycles. The van der Waals surface area contributed by atoms with E-state index in [1.807, 2.05) is 11.8 Å². The summed E-state index contributed by atoms with van der Waals surface area (Å²) in [4.78, 5) is 11.3. The second-order valence-electron chi connectivity index (χ2n) is 3.77. The van der Waals surface area contributed by atoms with Crippen LogP contribution in [0.5, 0.6) is 0 Å². The van der Waals surface area contributed by atoms with E-state index in [2.05, 4.69) is 5.32 Å². The largest absolute Gasteiger partial charge is 0.355 e. The number of carbonyl (C=O) groups excluding carboxylic acids is 1. The van der Waals surface area contributed by atoms with Crippen LogP contribution in [0.2, 0.25) is 0 Å². The molecule has 1 saturated heterocycles. The van der Waals surface area contributed by atoms with Gasteiger partial charge in [-0.3, -0.25) is 4.79 Å². The van der Waals surface area contributed by atoms with Crippen LogP contribution in [-0.2, 0) is 4.79 Å². The van der Waals surface area contributed by atoms with Crippen molar-refractivity contribution in [2.45, 2.75) is 36.9 Å². The van der Waals surface area contributed by atoms with Gasteiger partial charge < -0.3 is 5.32 Å². The molecule has 2 nitrogen and oxygen atoms in total. The van der Waals surface area contributed by atoms with Crippen molar-refractivity contribution in [2.75, 3.05) is 12.3 Å². The molecule has 0 aromatic carbocycles. The normalized spacial score (nSPS) is 28.5. The summed E-state index contributed by atoms with van der Waals surface area (Å²) in [5.74, 6) is 1.37. The quantitative estimate of drug-likeness (QED) is 0.620. The van der Waals surface area contributed by atoms with Crippen molar-refractivity contribution in [3.63, 3.8) is 0 Å². The maximum atomic E-state index is 11.3. The molecule has 1 N–H and O–H groups in total. The van der Waals surface area contributed by atoms with Gasteiger partial charge >= 0.3 is 0 Å². The van der Waals surface area contributed by atoms with Crippen molar-refractivity contribution in [1.29, 1.82) is 0 Å². The van der Waals surface area contributed by atoms with Gasteiger partial charge in [-0.15, -0.1) is 0 Å². The third kappa shape index (κ3) is 1.60. The number of amides is 1. The summed E-state index contributed by atoms with van der Waals surface area (Å²) < 4.78 is 0.334. The Morgan fingerprint density at radius 1 is 1.33 bits per heavy atom. The minimum absolute atomic E-state index is 0.266. The Morgan fingerprint density at radius 3 is 2.83 bits per heavy atom. The fourth-order valence-corrected chi connectivity index (χ4v) is 3.65. The maximum Gasteiger partial charge on any atom is 0.221 e. The Bertz CT molecular complexity index is 187. The molecule has 1 heterocycles. The smallest absolute Gasteiger partial charge is 0.221 e. The summed E-state index contributed by atoms with van der Waals surface area (Å²) in [7, 11) is 0. The van der Waals surface area contributed by atoms with Crippen molar-refractivity contribution in [3.05, 3.63) is 0 Å². The van der Waals surface area contributed by atoms with Crippen LogP contribution in [0.1, 0.15) is 32.1 Å². The van der Waals surface area contributed by atoms with Gasteiger partial charge in [-0.1, -0.05) is 12.8 Å². The number of thioether (sulfide) groups is 1. The fourth-order valence-electron chi connectivity index (χ4n) is 2.20. The van der Waals surface area contributed by atoms with Crippen LogP contribution in [0.25, 0.3) is 0 Å². The van der Waals surface area contributed by atoms with Crippen LogP contribution in [0.3, 0.4) is 0 Å². The van der Waals surface area contributed by atoms with Crippen molar-refractivity contribution in [2.24, 2.45) is 0 Å². The first kappa shape index (κ1) is 8.42. The average molecular weight is 185 g/mol. The third-order valence-corrected chi connectivity index (χ3v) is 4.40. The van der Waals surface area contributed by atoms with Crippen LogP contribution in [0.4, 0.5) is 0 Å². The summed E-state index contributed by atoms with van der Waals surface area (Å²) >= 11 is 2.01. The number of nitrogens with one attached hydrogen (secondary N) is 1. The zero-order chi connectivity index (χ0) is 8.44. The molecule has 0 aromatic rings. The molecule has 0 aromatic heterocycles. The predicted molar refractivity (Wildman–Crippen MR) is 51.3 cm³/mol. The SMILES string of the molecule is O=C1CC2(CCCC2)SCCN1. The first-order valence-corrected chi connectivity index (χ1v) is 5.70. The molecule has 0 atom stereocenters. The molecule has 1 saturated carbocycles. The van der Waals surface area contributed by atoms with Crippen molar-refractivity contribution in [3.8, 4) is 0 Å². The second kappa shape index (κ2) is 3.29. The van der Waals surface area contributed by atoms with Gasteiger partial charge in [-0.05, 0) is 12.8 Å². The first-order valence-electron chi connectivity index (χ1n) is 4.71. The molecule has 2 rings (SSSR count). The molecule has 0 radical (unpaired) electrons. The van der Waals surface area contributed by atoms with Gasteiger partial charge in [0, 0.05) is 23.5 Å². The molecule has 2 fully saturated rings. The third-order valence-electron chi connectivity index (χ3n) is 2.83. The van der Waals surface area contributed by atoms with Gasteiger partial charge in [0.2, 0.25) is 5.91 Å². The summed E-state index contributed by atoms with van der Waals surface area (Å²) in [5.41, 5.74) is 0. The Hall–Kier alpha value is -0.180. The van der Waals surface area contributed by atoms with Gasteiger partial charge in [0.15, 0.2) is 0 Å². The molecule has 2 aliphatic rings. The van der Waals surface area contributed by atoms with E-state index in [4.69, 9.17) is 0 Å². The fraction of sp³-hybridized carbons (Fsp3) is 0.889. The summed E-state index contributed by atoms with van der Waals surface area (Å²) in [6, 6.07) is 0. The van der Waals surface area contributed by atoms with Crippen LogP contribution in [-0.4, -0.2) is 23.0 Å². The summed E-state index contributed by atoms with van der Waals surface area (Å²) in [6.45, 7) is 0.866. The molecule has 0 bridgehead atoms. The lowest BCUT2D eigenvalue weighted by Gasteiger charge is -2.24. The monoisotopic (exact) mass is 185 g/mol. The molecule has 12 heavy (non-hydrogen) atoms. The van der Waals surface area contributed by atoms with Gasteiger partial charge in [0.25, 0.3) is 0 Å². The lowest BCUT2D eigenvalue weighted by atomic mass is 10.0. The highest BCUT2D eigenvalue weighted by molar-refractivity contribution is 8.00. The second-order valence-corrected chi connectivity index (χ2v) is 5.33. The Labute approximate surface area is 77.5 Å². The van der Waals surface area contributed by atoms with Gasteiger partial charge in [-0.2, -0.15) is 11.8 Å². The van der Waals surface area contributed by atoms with Crippen LogP contribution in [0.15, 0.2) is 0 Å². The number of hydrogen-bond donors (Lipinski definition) is 1. The van der Waals surface area contributed by atoms with Crippen molar-refractivity contribution < 1.29 is 4.79 Å². The molecule has 1 aliphatic carbocycles. The molecule has 68 valence electrons. The van der Waals surface area contributed by atoms with E-state index in [1.54, 1.807) is 0 Å². The minimum Gasteiger partial charge on any atom is -0.355 e. The first-order chi connectivity index (χ1) is 5.81. The molecular weight excluding hydrogens is 170 g/mol. The van der Waals surface area contributed by atoms with Crippen LogP contribution < -0.4 is 5.32 Å². The van der Waals surface area contributed by atoms with E-state index in [0.29, 0.717) is 4.75 Å². The van der Waals surface area contributed by atoms with E-state index in [0.717, 1.165) is 18.7 Å². The topological polar surface area (TPSA) is 29.1 Å². The Morgan fingerprint density at radius 2 is 2.08 bits per heavy atom. The molecular formula is C9H15NOS. The zero-order valence-corrected chi connectivity index (χ0v) is 8.08. The van der Waals surface area contributed by atoms with Crippen LogP contribution in [0, 0.1) is 0 Å². The highest BCUT2D eigenvalue weighted by Crippen LogP contribution is 2.44. The zero-order valence-electron chi connectivity index (χ0n) is 7.27. The minimum atomic E-state index is 0.266. The molecule has 0 unspecified atom stereocenters. The van der Waals surface area contributed by atoms with E-state index < -0.39 is 0 Å². The van der Waals surface area contributed by atoms with E-state index >= 15 is 0 Å². The number of rotatable bonds is 0. The average Bonchev–Trinajstić information content (AvgIpc) is 2.39. The molecule has 1 amide bonds. The van der Waals surface area contributed by atoms with Gasteiger partial charge in [0.1, 0.15) is 0 Å². The highest BCUT2D eigenvalue weighted by atomic mass is 32.2. The lowest BCUT2D eigenvalue weighted by Crippen LogP contribution is -2.28. The van der Waals surface area contributed by atoms with Crippen molar-refractivity contribution >= 4 is 17.7 Å². The van der Waals surface area contributed by atoms with E-state index in [9.17, 15) is 4.79 Å². The Kier molecular flexibility index (Phi) is 2.31. The maximum absolute atomic E-state index is 11.3. The van der Waals surface area contributed by atoms with E-state index in [1.165, 1.54) is 25.7 Å². The van der Waals surface area contributed by atoms with Gasteiger partial charge in [-0.25, -0.2) is 0 Å². The van der Waals surface area contributed by atoms with Crippen molar-refractivity contribution in [1.82, 2.24) is 5.32 Å². The molecule has 3 heteroatoms. The summed E-state index contributed by atoms with van der Waals surface area (Å²) in [6.07, 6.45) is 5.91. The Balaban J connectivity index is 2.07. The lowest BCUT2D eigenvalue weighted by molar-refractivity contribution is -0.121. The standard InChI is InChI=1S/C9H15NOS/c11-8-7-9(3-1-2-4-9)12-6-5-10-8/h1-7H2,(H,10,11). The summed E-state index contributed by atoms with van der Waals surface area (Å²) in [5, 5.41) is 2.94. The van der Waals surface area contributed by atoms with E-state index in [-0.39, 0.29) is 5.91 Å². The number of carbonyl (C=O) groups is 1. The number of hydrogen-bond acceptors (Lipinski definition) is 2. The molecule has 1 spiro atoms. The van der Waals surface area contributed by atoms with Crippen LogP contribution >= 0.6 is 11.8 Å². The highest BCUT2D eigenvalue weighted by Gasteiger charge is 2.37. The predicted octanol–water partition coefficient (Wildman–Crippen LogP) is 1.55.